The fourth-order valence-corrected chi connectivity index (χ4v) is 3.32. The zero-order valence-corrected chi connectivity index (χ0v) is 14.6. The quantitative estimate of drug-likeness (QED) is 0.839. The smallest absolute Gasteiger partial charge is 0.248 e. The van der Waals surface area contributed by atoms with Crippen molar-refractivity contribution in [1.82, 2.24) is 20.4 Å². The number of rotatable bonds is 5. The SMILES string of the molecule is O=C(NCCc1ccc(Br)cc1)C1(n2cccn2)CCNCC1. The van der Waals surface area contributed by atoms with Crippen molar-refractivity contribution in [3.63, 3.8) is 0 Å². The van der Waals surface area contributed by atoms with Gasteiger partial charge in [0.15, 0.2) is 0 Å². The third-order valence-corrected chi connectivity index (χ3v) is 4.94. The van der Waals surface area contributed by atoms with Gasteiger partial charge in [0.25, 0.3) is 0 Å². The van der Waals surface area contributed by atoms with Gasteiger partial charge in [-0.15, -0.1) is 0 Å². The topological polar surface area (TPSA) is 59.0 Å². The van der Waals surface area contributed by atoms with E-state index in [1.165, 1.54) is 5.56 Å². The van der Waals surface area contributed by atoms with Crippen molar-refractivity contribution in [1.29, 1.82) is 0 Å². The number of carbonyl (C=O) groups is 1. The van der Waals surface area contributed by atoms with E-state index in [4.69, 9.17) is 0 Å². The molecular formula is C17H21BrN4O. The third kappa shape index (κ3) is 3.64. The molecule has 1 amide bonds. The molecule has 1 aliphatic heterocycles. The van der Waals surface area contributed by atoms with Gasteiger partial charge in [0.1, 0.15) is 5.54 Å². The van der Waals surface area contributed by atoms with Gasteiger partial charge < -0.3 is 10.6 Å². The van der Waals surface area contributed by atoms with Gasteiger partial charge in [-0.05, 0) is 56.1 Å². The van der Waals surface area contributed by atoms with Crippen molar-refractivity contribution in [2.24, 2.45) is 0 Å². The van der Waals surface area contributed by atoms with Crippen molar-refractivity contribution in [2.45, 2.75) is 24.8 Å². The van der Waals surface area contributed by atoms with Crippen molar-refractivity contribution >= 4 is 21.8 Å². The monoisotopic (exact) mass is 376 g/mol. The molecule has 5 nitrogen and oxygen atoms in total. The summed E-state index contributed by atoms with van der Waals surface area (Å²) in [5, 5.41) is 10.8. The second kappa shape index (κ2) is 7.27. The van der Waals surface area contributed by atoms with Gasteiger partial charge in [-0.1, -0.05) is 28.1 Å². The molecule has 2 N–H and O–H groups in total. The lowest BCUT2D eigenvalue weighted by molar-refractivity contribution is -0.131. The molecular weight excluding hydrogens is 356 g/mol. The number of benzene rings is 1. The van der Waals surface area contributed by atoms with E-state index in [-0.39, 0.29) is 5.91 Å². The van der Waals surface area contributed by atoms with Crippen LogP contribution in [0.2, 0.25) is 0 Å². The van der Waals surface area contributed by atoms with Crippen LogP contribution in [0.25, 0.3) is 0 Å². The Bertz CT molecular complexity index is 633. The van der Waals surface area contributed by atoms with Gasteiger partial charge in [0.2, 0.25) is 5.91 Å². The van der Waals surface area contributed by atoms with Crippen LogP contribution in [0.4, 0.5) is 0 Å². The number of amides is 1. The molecule has 1 aliphatic rings. The summed E-state index contributed by atoms with van der Waals surface area (Å²) in [5.41, 5.74) is 0.654. The van der Waals surface area contributed by atoms with Gasteiger partial charge in [-0.2, -0.15) is 5.10 Å². The minimum atomic E-state index is -0.561. The summed E-state index contributed by atoms with van der Waals surface area (Å²) in [6.07, 6.45) is 5.97. The lowest BCUT2D eigenvalue weighted by Crippen LogP contribution is -2.54. The first kappa shape index (κ1) is 16.2. The molecule has 122 valence electrons. The summed E-state index contributed by atoms with van der Waals surface area (Å²) < 4.78 is 2.89. The minimum Gasteiger partial charge on any atom is -0.354 e. The molecule has 0 unspecified atom stereocenters. The van der Waals surface area contributed by atoms with E-state index >= 15 is 0 Å². The molecule has 1 aromatic heterocycles. The molecule has 2 heterocycles. The number of nitrogens with one attached hydrogen (secondary N) is 2. The average Bonchev–Trinajstić information content (AvgIpc) is 3.12. The highest BCUT2D eigenvalue weighted by Gasteiger charge is 2.41. The highest BCUT2D eigenvalue weighted by Crippen LogP contribution is 2.27. The second-order valence-electron chi connectivity index (χ2n) is 5.86. The Kier molecular flexibility index (Phi) is 5.13. The van der Waals surface area contributed by atoms with Crippen molar-refractivity contribution in [2.75, 3.05) is 19.6 Å². The number of hydrogen-bond donors (Lipinski definition) is 2. The van der Waals surface area contributed by atoms with Gasteiger partial charge >= 0.3 is 0 Å². The summed E-state index contributed by atoms with van der Waals surface area (Å²) in [6, 6.07) is 10.1. The number of hydrogen-bond acceptors (Lipinski definition) is 3. The molecule has 0 spiro atoms. The standard InChI is InChI=1S/C17H21BrN4O/c18-15-4-2-14(3-5-15)6-10-20-16(23)17(7-11-19-12-8-17)22-13-1-9-21-22/h1-5,9,13,19H,6-8,10-12H2,(H,20,23). The molecule has 0 aliphatic carbocycles. The molecule has 1 aromatic carbocycles. The Balaban J connectivity index is 1.64. The van der Waals surface area contributed by atoms with E-state index in [0.29, 0.717) is 6.54 Å². The van der Waals surface area contributed by atoms with Crippen LogP contribution < -0.4 is 10.6 Å². The van der Waals surface area contributed by atoms with Crippen LogP contribution in [-0.4, -0.2) is 35.3 Å². The molecule has 6 heteroatoms. The Hall–Kier alpha value is -1.66. The van der Waals surface area contributed by atoms with E-state index in [9.17, 15) is 4.79 Å². The molecule has 1 saturated heterocycles. The summed E-state index contributed by atoms with van der Waals surface area (Å²) >= 11 is 3.43. The minimum absolute atomic E-state index is 0.0693. The first-order valence-electron chi connectivity index (χ1n) is 7.94. The van der Waals surface area contributed by atoms with Crippen LogP contribution in [0.1, 0.15) is 18.4 Å². The van der Waals surface area contributed by atoms with Gasteiger partial charge in [-0.25, -0.2) is 0 Å². The van der Waals surface area contributed by atoms with Crippen LogP contribution in [0.5, 0.6) is 0 Å². The third-order valence-electron chi connectivity index (χ3n) is 4.41. The Morgan fingerprint density at radius 1 is 1.30 bits per heavy atom. The maximum Gasteiger partial charge on any atom is 0.248 e. The molecule has 0 radical (unpaired) electrons. The predicted molar refractivity (Wildman–Crippen MR) is 93.2 cm³/mol. The van der Waals surface area contributed by atoms with E-state index in [2.05, 4.69) is 43.8 Å². The van der Waals surface area contributed by atoms with Gasteiger partial charge in [0, 0.05) is 23.4 Å². The van der Waals surface area contributed by atoms with Gasteiger partial charge in [0.05, 0.1) is 0 Å². The highest BCUT2D eigenvalue weighted by molar-refractivity contribution is 9.10. The summed E-state index contributed by atoms with van der Waals surface area (Å²) in [4.78, 5) is 12.9. The molecule has 23 heavy (non-hydrogen) atoms. The van der Waals surface area contributed by atoms with E-state index in [1.807, 2.05) is 29.1 Å². The summed E-state index contributed by atoms with van der Waals surface area (Å²) in [6.45, 7) is 2.30. The largest absolute Gasteiger partial charge is 0.354 e. The fraction of sp³-hybridized carbons (Fsp3) is 0.412. The first-order chi connectivity index (χ1) is 11.2. The van der Waals surface area contributed by atoms with Crippen LogP contribution in [0, 0.1) is 0 Å². The highest BCUT2D eigenvalue weighted by atomic mass is 79.9. The van der Waals surface area contributed by atoms with Crippen molar-refractivity contribution in [3.05, 3.63) is 52.8 Å². The van der Waals surface area contributed by atoms with Gasteiger partial charge in [-0.3, -0.25) is 9.48 Å². The summed E-state index contributed by atoms with van der Waals surface area (Å²) in [7, 11) is 0. The number of aromatic nitrogens is 2. The lowest BCUT2D eigenvalue weighted by Gasteiger charge is -2.36. The maximum atomic E-state index is 12.9. The Morgan fingerprint density at radius 3 is 2.70 bits per heavy atom. The number of halogens is 1. The Morgan fingerprint density at radius 2 is 2.04 bits per heavy atom. The zero-order valence-electron chi connectivity index (χ0n) is 13.0. The van der Waals surface area contributed by atoms with E-state index < -0.39 is 5.54 Å². The lowest BCUT2D eigenvalue weighted by atomic mass is 9.87. The Labute approximate surface area is 144 Å². The second-order valence-corrected chi connectivity index (χ2v) is 6.78. The van der Waals surface area contributed by atoms with E-state index in [0.717, 1.165) is 36.8 Å². The molecule has 3 rings (SSSR count). The van der Waals surface area contributed by atoms with Crippen LogP contribution in [0.3, 0.4) is 0 Å². The fourth-order valence-electron chi connectivity index (χ4n) is 3.06. The van der Waals surface area contributed by atoms with Crippen molar-refractivity contribution in [3.8, 4) is 0 Å². The van der Waals surface area contributed by atoms with Crippen molar-refractivity contribution < 1.29 is 4.79 Å². The number of carbonyl (C=O) groups excluding carboxylic acids is 1. The van der Waals surface area contributed by atoms with Crippen LogP contribution in [0.15, 0.2) is 47.2 Å². The summed E-state index contributed by atoms with van der Waals surface area (Å²) in [5.74, 6) is 0.0693. The van der Waals surface area contributed by atoms with Crippen LogP contribution >= 0.6 is 15.9 Å². The molecule has 2 aromatic rings. The van der Waals surface area contributed by atoms with Crippen LogP contribution in [-0.2, 0) is 16.8 Å². The first-order valence-corrected chi connectivity index (χ1v) is 8.74. The predicted octanol–water partition coefficient (Wildman–Crippen LogP) is 2.08. The number of piperidine rings is 1. The van der Waals surface area contributed by atoms with E-state index in [1.54, 1.807) is 6.20 Å². The molecule has 0 saturated carbocycles. The maximum absolute atomic E-state index is 12.9. The average molecular weight is 377 g/mol. The molecule has 1 fully saturated rings. The normalized spacial score (nSPS) is 16.9. The molecule has 0 atom stereocenters. The molecule has 0 bridgehead atoms. The zero-order chi connectivity index (χ0) is 16.1. The number of nitrogens with zero attached hydrogens (tertiary/aromatic N) is 2.